The Morgan fingerprint density at radius 3 is 2.67 bits per heavy atom. The minimum absolute atomic E-state index is 0.211. The third-order valence-corrected chi connectivity index (χ3v) is 3.02. The van der Waals surface area contributed by atoms with E-state index in [2.05, 4.69) is 0 Å². The fourth-order valence-electron chi connectivity index (χ4n) is 1.14. The molecule has 1 heterocycles. The summed E-state index contributed by atoms with van der Waals surface area (Å²) in [5, 5.41) is 7.19. The molecule has 0 N–H and O–H groups in total. The van der Waals surface area contributed by atoms with Gasteiger partial charge in [0.25, 0.3) is 0 Å². The lowest BCUT2D eigenvalue weighted by Gasteiger charge is -2.22. The summed E-state index contributed by atoms with van der Waals surface area (Å²) in [6, 6.07) is 1.76. The highest BCUT2D eigenvalue weighted by Crippen LogP contribution is 2.22. The van der Waals surface area contributed by atoms with E-state index in [1.165, 1.54) is 0 Å². The van der Waals surface area contributed by atoms with Gasteiger partial charge < -0.3 is 4.74 Å². The molecule has 0 aromatic heterocycles. The molecule has 0 aromatic carbocycles. The molecule has 0 amide bonds. The Hall–Kier alpha value is -0.670. The molecule has 0 aromatic rings. The standard InChI is InChI=1S/C6H8FNO3S/c7-12(9,10)6-4-11-2-1-5(6)3-8/h5-6H,1-2,4H2/t5-,6-/m1/s1. The van der Waals surface area contributed by atoms with Crippen LogP contribution in [0.1, 0.15) is 6.42 Å². The van der Waals surface area contributed by atoms with Crippen LogP contribution in [-0.2, 0) is 15.0 Å². The summed E-state index contributed by atoms with van der Waals surface area (Å²) in [6.07, 6.45) is 0.282. The van der Waals surface area contributed by atoms with Gasteiger partial charge in [-0.3, -0.25) is 0 Å². The van der Waals surface area contributed by atoms with E-state index >= 15 is 0 Å². The van der Waals surface area contributed by atoms with Crippen LogP contribution in [0.15, 0.2) is 0 Å². The summed E-state index contributed by atoms with van der Waals surface area (Å²) in [5.41, 5.74) is 0. The van der Waals surface area contributed by atoms with Crippen molar-refractivity contribution in [2.24, 2.45) is 5.92 Å². The molecule has 1 aliphatic heterocycles. The number of halogens is 1. The van der Waals surface area contributed by atoms with Gasteiger partial charge in [0, 0.05) is 6.61 Å². The zero-order valence-electron chi connectivity index (χ0n) is 6.23. The summed E-state index contributed by atoms with van der Waals surface area (Å²) >= 11 is 0. The Balaban J connectivity index is 2.81. The molecule has 6 heteroatoms. The minimum atomic E-state index is -4.63. The zero-order chi connectivity index (χ0) is 9.19. The van der Waals surface area contributed by atoms with Crippen molar-refractivity contribution in [3.05, 3.63) is 0 Å². The molecule has 1 saturated heterocycles. The average Bonchev–Trinajstić information content (AvgIpc) is 2.03. The van der Waals surface area contributed by atoms with Crippen molar-refractivity contribution < 1.29 is 17.0 Å². The van der Waals surface area contributed by atoms with Crippen LogP contribution < -0.4 is 0 Å². The van der Waals surface area contributed by atoms with Gasteiger partial charge in [-0.25, -0.2) is 0 Å². The normalized spacial score (nSPS) is 31.0. The Morgan fingerprint density at radius 2 is 2.25 bits per heavy atom. The minimum Gasteiger partial charge on any atom is -0.380 e. The van der Waals surface area contributed by atoms with Crippen molar-refractivity contribution in [2.75, 3.05) is 13.2 Å². The van der Waals surface area contributed by atoms with Crippen LogP contribution in [0.4, 0.5) is 3.89 Å². The largest absolute Gasteiger partial charge is 0.380 e. The van der Waals surface area contributed by atoms with Crippen LogP contribution in [0, 0.1) is 17.2 Å². The zero-order valence-corrected chi connectivity index (χ0v) is 7.05. The number of nitriles is 1. The molecule has 0 unspecified atom stereocenters. The summed E-state index contributed by atoms with van der Waals surface area (Å²) in [6.45, 7) is 0.112. The van der Waals surface area contributed by atoms with Gasteiger partial charge in [0.1, 0.15) is 5.25 Å². The van der Waals surface area contributed by atoms with Crippen LogP contribution in [0.25, 0.3) is 0 Å². The smallest absolute Gasteiger partial charge is 0.308 e. The van der Waals surface area contributed by atoms with Crippen LogP contribution >= 0.6 is 0 Å². The topological polar surface area (TPSA) is 67.2 Å². The number of rotatable bonds is 1. The fourth-order valence-corrected chi connectivity index (χ4v) is 1.99. The molecule has 1 aliphatic rings. The first kappa shape index (κ1) is 9.42. The molecule has 0 spiro atoms. The summed E-state index contributed by atoms with van der Waals surface area (Å²) in [7, 11) is -4.63. The molecule has 0 radical (unpaired) electrons. The molecule has 68 valence electrons. The number of hydrogen-bond acceptors (Lipinski definition) is 4. The van der Waals surface area contributed by atoms with E-state index in [-0.39, 0.29) is 13.0 Å². The van der Waals surface area contributed by atoms with Gasteiger partial charge in [-0.15, -0.1) is 3.89 Å². The number of ether oxygens (including phenoxy) is 1. The number of nitrogens with zero attached hydrogens (tertiary/aromatic N) is 1. The molecule has 1 rings (SSSR count). The second-order valence-corrected chi connectivity index (χ2v) is 4.17. The summed E-state index contributed by atoms with van der Waals surface area (Å²) < 4.78 is 38.1. The van der Waals surface area contributed by atoms with Crippen molar-refractivity contribution in [3.63, 3.8) is 0 Å². The molecule has 0 bridgehead atoms. The molecule has 0 aliphatic carbocycles. The van der Waals surface area contributed by atoms with E-state index in [0.29, 0.717) is 6.61 Å². The van der Waals surface area contributed by atoms with Crippen molar-refractivity contribution in [2.45, 2.75) is 11.7 Å². The van der Waals surface area contributed by atoms with Gasteiger partial charge in [-0.05, 0) is 6.42 Å². The highest BCUT2D eigenvalue weighted by Gasteiger charge is 2.36. The van der Waals surface area contributed by atoms with Crippen molar-refractivity contribution in [3.8, 4) is 6.07 Å². The SMILES string of the molecule is N#C[C@H]1CCOC[C@H]1S(=O)(=O)F. The van der Waals surface area contributed by atoms with E-state index < -0.39 is 21.4 Å². The van der Waals surface area contributed by atoms with Crippen molar-refractivity contribution >= 4 is 10.2 Å². The highest BCUT2D eigenvalue weighted by molar-refractivity contribution is 7.87. The van der Waals surface area contributed by atoms with E-state index in [1.807, 2.05) is 0 Å². The van der Waals surface area contributed by atoms with Gasteiger partial charge in [0.05, 0.1) is 18.6 Å². The van der Waals surface area contributed by atoms with Crippen LogP contribution in [0.5, 0.6) is 0 Å². The van der Waals surface area contributed by atoms with Crippen molar-refractivity contribution in [1.29, 1.82) is 5.26 Å². The molecule has 1 fully saturated rings. The Kier molecular flexibility index (Phi) is 2.65. The predicted molar refractivity (Wildman–Crippen MR) is 38.4 cm³/mol. The maximum Gasteiger partial charge on any atom is 0.308 e. The van der Waals surface area contributed by atoms with E-state index in [1.54, 1.807) is 6.07 Å². The first-order valence-electron chi connectivity index (χ1n) is 3.46. The lowest BCUT2D eigenvalue weighted by molar-refractivity contribution is 0.0817. The van der Waals surface area contributed by atoms with Gasteiger partial charge in [0.2, 0.25) is 0 Å². The maximum atomic E-state index is 12.5. The van der Waals surface area contributed by atoms with E-state index in [4.69, 9.17) is 10.00 Å². The Bertz CT molecular complexity index is 294. The lowest BCUT2D eigenvalue weighted by atomic mass is 10.0. The second kappa shape index (κ2) is 3.37. The third kappa shape index (κ3) is 1.93. The monoisotopic (exact) mass is 193 g/mol. The van der Waals surface area contributed by atoms with Gasteiger partial charge in [0.15, 0.2) is 0 Å². The van der Waals surface area contributed by atoms with Crippen LogP contribution in [0.2, 0.25) is 0 Å². The van der Waals surface area contributed by atoms with E-state index in [0.717, 1.165) is 0 Å². The average molecular weight is 193 g/mol. The quantitative estimate of drug-likeness (QED) is 0.558. The predicted octanol–water partition coefficient (Wildman–Crippen LogP) is 0.214. The van der Waals surface area contributed by atoms with Crippen LogP contribution in [-0.4, -0.2) is 26.9 Å². The third-order valence-electron chi connectivity index (χ3n) is 1.83. The second-order valence-electron chi connectivity index (χ2n) is 2.61. The van der Waals surface area contributed by atoms with Gasteiger partial charge in [-0.1, -0.05) is 0 Å². The van der Waals surface area contributed by atoms with E-state index in [9.17, 15) is 12.3 Å². The molecule has 4 nitrogen and oxygen atoms in total. The van der Waals surface area contributed by atoms with Crippen LogP contribution in [0.3, 0.4) is 0 Å². The lowest BCUT2D eigenvalue weighted by Crippen LogP contribution is -2.36. The Morgan fingerprint density at radius 1 is 1.58 bits per heavy atom. The van der Waals surface area contributed by atoms with Gasteiger partial charge in [-0.2, -0.15) is 13.7 Å². The van der Waals surface area contributed by atoms with Gasteiger partial charge >= 0.3 is 10.2 Å². The highest BCUT2D eigenvalue weighted by atomic mass is 32.3. The summed E-state index contributed by atoms with van der Waals surface area (Å²) in [4.78, 5) is 0. The first-order chi connectivity index (χ1) is 5.55. The first-order valence-corrected chi connectivity index (χ1v) is 4.91. The molecule has 0 saturated carbocycles. The molecule has 2 atom stereocenters. The maximum absolute atomic E-state index is 12.5. The fraction of sp³-hybridized carbons (Fsp3) is 0.833. The molecular formula is C6H8FNO3S. The molecule has 12 heavy (non-hydrogen) atoms. The van der Waals surface area contributed by atoms with Crippen molar-refractivity contribution in [1.82, 2.24) is 0 Å². The molecular weight excluding hydrogens is 185 g/mol. The Labute approximate surface area is 70.2 Å². The number of hydrogen-bond donors (Lipinski definition) is 0. The summed E-state index contributed by atoms with van der Waals surface area (Å²) in [5.74, 6) is -0.770.